The lowest BCUT2D eigenvalue weighted by molar-refractivity contribution is 0.626. The Kier molecular flexibility index (Phi) is 5.44. The van der Waals surface area contributed by atoms with Gasteiger partial charge in [0.05, 0.1) is 0 Å². The van der Waals surface area contributed by atoms with Gasteiger partial charge < -0.3 is 10.2 Å². The molecule has 0 aromatic heterocycles. The van der Waals surface area contributed by atoms with Crippen molar-refractivity contribution < 1.29 is 0 Å². The van der Waals surface area contributed by atoms with Gasteiger partial charge in [-0.25, -0.2) is 4.99 Å². The molecule has 0 amide bonds. The zero-order valence-corrected chi connectivity index (χ0v) is 18.8. The molecule has 152 valence electrons. The van der Waals surface area contributed by atoms with E-state index >= 15 is 0 Å². The zero-order valence-electron chi connectivity index (χ0n) is 17.9. The van der Waals surface area contributed by atoms with Gasteiger partial charge in [-0.3, -0.25) is 0 Å². The number of nitrogens with one attached hydrogen (secondary N) is 1. The van der Waals surface area contributed by atoms with Crippen molar-refractivity contribution in [3.8, 4) is 0 Å². The summed E-state index contributed by atoms with van der Waals surface area (Å²) in [4.78, 5) is 7.04. The van der Waals surface area contributed by atoms with Gasteiger partial charge in [0.25, 0.3) is 0 Å². The zero-order chi connectivity index (χ0) is 21.3. The van der Waals surface area contributed by atoms with Crippen LogP contribution in [0.5, 0.6) is 0 Å². The van der Waals surface area contributed by atoms with E-state index in [9.17, 15) is 0 Å². The second kappa shape index (κ2) is 8.04. The summed E-state index contributed by atoms with van der Waals surface area (Å²) in [6.07, 6.45) is 0.790. The second-order valence-corrected chi connectivity index (χ2v) is 8.61. The number of anilines is 2. The third-order valence-corrected chi connectivity index (χ3v) is 6.08. The maximum absolute atomic E-state index is 5.78. The van der Waals surface area contributed by atoms with E-state index in [4.69, 9.17) is 17.2 Å². The molecule has 1 aliphatic rings. The Balaban J connectivity index is 1.78. The molecule has 0 aliphatic carbocycles. The van der Waals surface area contributed by atoms with Crippen molar-refractivity contribution in [1.29, 1.82) is 0 Å². The Bertz CT molecular complexity index is 1080. The third kappa shape index (κ3) is 3.75. The normalized spacial score (nSPS) is 18.5. The van der Waals surface area contributed by atoms with Crippen molar-refractivity contribution in [2.45, 2.75) is 39.7 Å². The number of amidine groups is 1. The Morgan fingerprint density at radius 3 is 2.13 bits per heavy atom. The number of aliphatic imine (C=N–C) groups is 1. The van der Waals surface area contributed by atoms with Crippen molar-refractivity contribution in [1.82, 2.24) is 0 Å². The molecule has 1 aliphatic heterocycles. The topological polar surface area (TPSA) is 27.6 Å². The van der Waals surface area contributed by atoms with E-state index in [-0.39, 0.29) is 0 Å². The molecule has 1 unspecified atom stereocenters. The molecule has 4 heteroatoms. The average molecular weight is 414 g/mol. The summed E-state index contributed by atoms with van der Waals surface area (Å²) in [7, 11) is 0. The second-order valence-electron chi connectivity index (χ2n) is 8.24. The molecule has 3 aromatic rings. The maximum atomic E-state index is 5.78. The summed E-state index contributed by atoms with van der Waals surface area (Å²) in [5.41, 5.74) is 6.60. The summed E-state index contributed by atoms with van der Waals surface area (Å²) in [6.45, 7) is 8.56. The molecule has 0 fully saturated rings. The van der Waals surface area contributed by atoms with Crippen molar-refractivity contribution >= 4 is 34.5 Å². The minimum Gasteiger partial charge on any atom is -0.341 e. The minimum absolute atomic E-state index is 0.428. The number of nitrogens with zero attached hydrogens (tertiary/aromatic N) is 2. The largest absolute Gasteiger partial charge is 0.341 e. The van der Waals surface area contributed by atoms with Crippen molar-refractivity contribution in [2.75, 3.05) is 10.2 Å². The summed E-state index contributed by atoms with van der Waals surface area (Å²) < 4.78 is 0. The van der Waals surface area contributed by atoms with Crippen LogP contribution in [0.1, 0.15) is 29.2 Å². The lowest BCUT2D eigenvalue weighted by Crippen LogP contribution is -2.53. The molecular weight excluding hydrogens is 386 g/mol. The molecule has 30 heavy (non-hydrogen) atoms. The molecule has 0 radical (unpaired) electrons. The number of rotatable bonds is 4. The van der Waals surface area contributed by atoms with E-state index in [0.29, 0.717) is 5.11 Å². The third-order valence-electron chi connectivity index (χ3n) is 5.81. The highest BCUT2D eigenvalue weighted by molar-refractivity contribution is 7.80. The van der Waals surface area contributed by atoms with Gasteiger partial charge >= 0.3 is 0 Å². The van der Waals surface area contributed by atoms with Gasteiger partial charge in [-0.05, 0) is 68.7 Å². The fourth-order valence-corrected chi connectivity index (χ4v) is 4.52. The Labute approximate surface area is 184 Å². The number of para-hydroxylation sites is 1. The van der Waals surface area contributed by atoms with Crippen LogP contribution in [0.25, 0.3) is 0 Å². The van der Waals surface area contributed by atoms with Crippen LogP contribution in [0, 0.1) is 20.8 Å². The van der Waals surface area contributed by atoms with Gasteiger partial charge in [0.15, 0.2) is 0 Å². The Hall–Kier alpha value is -2.98. The van der Waals surface area contributed by atoms with Gasteiger partial charge in [-0.1, -0.05) is 66.2 Å². The van der Waals surface area contributed by atoms with Crippen LogP contribution in [0.3, 0.4) is 0 Å². The van der Waals surface area contributed by atoms with Gasteiger partial charge in [0.1, 0.15) is 11.4 Å². The lowest BCUT2D eigenvalue weighted by Gasteiger charge is -2.37. The molecule has 1 N–H and O–H groups in total. The predicted molar refractivity (Wildman–Crippen MR) is 132 cm³/mol. The van der Waals surface area contributed by atoms with Gasteiger partial charge in [-0.2, -0.15) is 0 Å². The van der Waals surface area contributed by atoms with E-state index < -0.39 is 5.54 Å². The summed E-state index contributed by atoms with van der Waals surface area (Å²) >= 11 is 5.78. The molecule has 0 saturated carbocycles. The van der Waals surface area contributed by atoms with Gasteiger partial charge in [0, 0.05) is 17.8 Å². The van der Waals surface area contributed by atoms with E-state index in [1.807, 2.05) is 6.07 Å². The van der Waals surface area contributed by atoms with Crippen LogP contribution in [-0.4, -0.2) is 16.5 Å². The molecule has 1 atom stereocenters. The number of hydrogen-bond acceptors (Lipinski definition) is 2. The summed E-state index contributed by atoms with van der Waals surface area (Å²) in [5, 5.41) is 4.24. The first kappa shape index (κ1) is 20.3. The summed E-state index contributed by atoms with van der Waals surface area (Å²) in [5.74, 6) is 0.884. The number of benzene rings is 3. The molecule has 0 saturated heterocycles. The average Bonchev–Trinajstić information content (AvgIpc) is 2.96. The van der Waals surface area contributed by atoms with Crippen molar-refractivity contribution in [3.63, 3.8) is 0 Å². The quantitative estimate of drug-likeness (QED) is 0.514. The SMILES string of the molecule is Cc1ccc(N2C(=S)N=C(Nc3c(C)cccc3C)C2(C)Cc2ccccc2)cc1. The Morgan fingerprint density at radius 2 is 1.50 bits per heavy atom. The maximum Gasteiger partial charge on any atom is 0.202 e. The highest BCUT2D eigenvalue weighted by Crippen LogP contribution is 2.35. The molecule has 1 heterocycles. The molecule has 4 rings (SSSR count). The number of hydrogen-bond donors (Lipinski definition) is 1. The van der Waals surface area contributed by atoms with Gasteiger partial charge in [-0.15, -0.1) is 0 Å². The lowest BCUT2D eigenvalue weighted by atomic mass is 9.89. The van der Waals surface area contributed by atoms with Crippen LogP contribution in [-0.2, 0) is 6.42 Å². The fourth-order valence-electron chi connectivity index (χ4n) is 4.12. The Morgan fingerprint density at radius 1 is 0.867 bits per heavy atom. The molecule has 0 spiro atoms. The van der Waals surface area contributed by atoms with E-state index in [2.05, 4.69) is 105 Å². The molecule has 3 aromatic carbocycles. The highest BCUT2D eigenvalue weighted by atomic mass is 32.1. The summed E-state index contributed by atoms with van der Waals surface area (Å²) in [6, 6.07) is 25.4. The first-order chi connectivity index (χ1) is 14.4. The van der Waals surface area contributed by atoms with E-state index in [0.717, 1.165) is 23.6 Å². The standard InChI is InChI=1S/C26H27N3S/c1-18-13-15-22(16-14-18)29-25(30)28-24(27-23-19(2)9-8-10-20(23)3)26(29,4)17-21-11-6-5-7-12-21/h5-16H,17H2,1-4H3,(H,27,28,30). The molecule has 0 bridgehead atoms. The minimum atomic E-state index is -0.428. The number of aryl methyl sites for hydroxylation is 3. The van der Waals surface area contributed by atoms with Crippen LogP contribution < -0.4 is 10.2 Å². The van der Waals surface area contributed by atoms with E-state index in [1.54, 1.807) is 0 Å². The van der Waals surface area contributed by atoms with Crippen molar-refractivity contribution in [2.24, 2.45) is 4.99 Å². The first-order valence-electron chi connectivity index (χ1n) is 10.3. The highest BCUT2D eigenvalue weighted by Gasteiger charge is 2.45. The molecular formula is C26H27N3S. The smallest absolute Gasteiger partial charge is 0.202 e. The van der Waals surface area contributed by atoms with Crippen LogP contribution >= 0.6 is 12.2 Å². The van der Waals surface area contributed by atoms with Crippen LogP contribution in [0.15, 0.2) is 77.8 Å². The number of thiocarbonyl (C=S) groups is 1. The molecule has 3 nitrogen and oxygen atoms in total. The monoisotopic (exact) mass is 413 g/mol. The van der Waals surface area contributed by atoms with Crippen LogP contribution in [0.2, 0.25) is 0 Å². The van der Waals surface area contributed by atoms with Gasteiger partial charge in [0.2, 0.25) is 5.11 Å². The fraction of sp³-hybridized carbons (Fsp3) is 0.231. The first-order valence-corrected chi connectivity index (χ1v) is 10.7. The van der Waals surface area contributed by atoms with Crippen molar-refractivity contribution in [3.05, 3.63) is 95.1 Å². The predicted octanol–water partition coefficient (Wildman–Crippen LogP) is 6.23. The van der Waals surface area contributed by atoms with E-state index in [1.165, 1.54) is 22.3 Å². The van der Waals surface area contributed by atoms with Crippen LogP contribution in [0.4, 0.5) is 11.4 Å².